The maximum absolute atomic E-state index is 9.34. The normalized spacial score (nSPS) is 19.7. The van der Waals surface area contributed by atoms with Crippen molar-refractivity contribution in [2.45, 2.75) is 63.9 Å². The predicted molar refractivity (Wildman–Crippen MR) is 184 cm³/mol. The van der Waals surface area contributed by atoms with Crippen molar-refractivity contribution < 1.29 is 24.1 Å². The molecule has 238 valence electrons. The summed E-state index contributed by atoms with van der Waals surface area (Å²) in [5.74, 6) is 1.17. The number of hydrogen-bond acceptors (Lipinski definition) is 5. The number of aromatic amines is 1. The van der Waals surface area contributed by atoms with Crippen LogP contribution in [0.3, 0.4) is 0 Å². The van der Waals surface area contributed by atoms with E-state index in [0.29, 0.717) is 5.75 Å². The first-order valence-corrected chi connectivity index (χ1v) is 16.6. The first-order valence-electron chi connectivity index (χ1n) is 16.6. The van der Waals surface area contributed by atoms with Gasteiger partial charge < -0.3 is 33.6 Å². The van der Waals surface area contributed by atoms with Gasteiger partial charge in [-0.15, -0.1) is 0 Å². The summed E-state index contributed by atoms with van der Waals surface area (Å²) in [6.07, 6.45) is 12.9. The number of allylic oxidation sites excluding steroid dienone is 1. The van der Waals surface area contributed by atoms with Crippen molar-refractivity contribution in [2.75, 3.05) is 19.8 Å². The summed E-state index contributed by atoms with van der Waals surface area (Å²) in [6.45, 7) is 2.55. The Kier molecular flexibility index (Phi) is 9.40. The van der Waals surface area contributed by atoms with Crippen LogP contribution < -0.4 is 4.74 Å². The number of phenolic OH excluding ortho intramolecular Hbond substituents is 1. The van der Waals surface area contributed by atoms with E-state index in [0.717, 1.165) is 67.7 Å². The van der Waals surface area contributed by atoms with Crippen molar-refractivity contribution >= 4 is 43.6 Å². The number of H-pyrrole nitrogens is 1. The molecule has 9 rings (SSSR count). The van der Waals surface area contributed by atoms with Gasteiger partial charge in [-0.3, -0.25) is 0 Å². The number of ether oxygens (including phenoxy) is 4. The molecule has 4 aromatic carbocycles. The Morgan fingerprint density at radius 3 is 2.17 bits per heavy atom. The van der Waals surface area contributed by atoms with Crippen LogP contribution in [0.25, 0.3) is 43.6 Å². The van der Waals surface area contributed by atoms with Crippen molar-refractivity contribution in [1.29, 1.82) is 0 Å². The van der Waals surface area contributed by atoms with Gasteiger partial charge in [0.15, 0.2) is 6.29 Å². The van der Waals surface area contributed by atoms with E-state index in [-0.39, 0.29) is 12.5 Å². The first-order chi connectivity index (χ1) is 22.7. The van der Waals surface area contributed by atoms with Gasteiger partial charge in [-0.25, -0.2) is 0 Å². The second kappa shape index (κ2) is 14.3. The highest BCUT2D eigenvalue weighted by atomic mass is 16.7. The average Bonchev–Trinajstić information content (AvgIpc) is 3.65. The third kappa shape index (κ3) is 6.71. The summed E-state index contributed by atoms with van der Waals surface area (Å²) < 4.78 is 25.2. The number of nitrogens with one attached hydrogen (secondary N) is 1. The lowest BCUT2D eigenvalue weighted by Gasteiger charge is -2.26. The standard InChI is InChI=1S/C22H25NO3.C12H9NO.C5H8O/c1-2-8-19-17(7-1)18-12-11-16(26-22-10-4-6-14-25-22)15-20(18)23(19)21-9-3-5-13-24-21;14-8-5-6-10-9-3-1-2-4-11(9)13-12(10)7-8;1-2-4-6-5-3-1/h1-2,7-8,11-12,15,21-22H,3-6,9-10,13-14H2;1-7,13-14H;2,4H,1,3,5H2. The molecule has 46 heavy (non-hydrogen) atoms. The van der Waals surface area contributed by atoms with Gasteiger partial charge in [0.1, 0.15) is 17.7 Å². The van der Waals surface area contributed by atoms with E-state index in [1.807, 2.05) is 30.3 Å². The topological polar surface area (TPSA) is 77.9 Å². The predicted octanol–water partition coefficient (Wildman–Crippen LogP) is 9.74. The van der Waals surface area contributed by atoms with E-state index in [9.17, 15) is 5.11 Å². The molecule has 0 radical (unpaired) electrons. The van der Waals surface area contributed by atoms with E-state index in [1.165, 1.54) is 52.9 Å². The molecule has 5 heterocycles. The number of rotatable bonds is 3. The zero-order chi connectivity index (χ0) is 31.1. The first kappa shape index (κ1) is 30.2. The molecule has 2 unspecified atom stereocenters. The van der Waals surface area contributed by atoms with E-state index in [1.54, 1.807) is 18.4 Å². The smallest absolute Gasteiger partial charge is 0.199 e. The monoisotopic (exact) mass is 618 g/mol. The van der Waals surface area contributed by atoms with Crippen LogP contribution in [0.5, 0.6) is 11.5 Å². The van der Waals surface area contributed by atoms with Crippen molar-refractivity contribution in [3.8, 4) is 11.5 Å². The molecule has 3 aliphatic rings. The molecule has 2 atom stereocenters. The molecule has 7 nitrogen and oxygen atoms in total. The number of aromatic hydroxyl groups is 1. The van der Waals surface area contributed by atoms with Crippen molar-refractivity contribution in [3.05, 3.63) is 97.3 Å². The third-order valence-electron chi connectivity index (χ3n) is 8.85. The summed E-state index contributed by atoms with van der Waals surface area (Å²) in [4.78, 5) is 3.26. The Balaban J connectivity index is 0.000000140. The van der Waals surface area contributed by atoms with Crippen LogP contribution in [0, 0.1) is 0 Å². The molecular weight excluding hydrogens is 576 g/mol. The summed E-state index contributed by atoms with van der Waals surface area (Å²) in [5.41, 5.74) is 4.51. The van der Waals surface area contributed by atoms with Crippen LogP contribution >= 0.6 is 0 Å². The van der Waals surface area contributed by atoms with E-state index in [2.05, 4.69) is 58.1 Å². The number of para-hydroxylation sites is 2. The third-order valence-corrected chi connectivity index (χ3v) is 8.85. The molecule has 6 aromatic rings. The fourth-order valence-corrected chi connectivity index (χ4v) is 6.58. The fraction of sp³-hybridized carbons (Fsp3) is 0.333. The lowest BCUT2D eigenvalue weighted by molar-refractivity contribution is -0.105. The molecule has 0 aliphatic carbocycles. The van der Waals surface area contributed by atoms with Gasteiger partial charge in [0, 0.05) is 52.2 Å². The zero-order valence-electron chi connectivity index (χ0n) is 26.2. The minimum Gasteiger partial charge on any atom is -0.508 e. The van der Waals surface area contributed by atoms with E-state index < -0.39 is 0 Å². The summed E-state index contributed by atoms with van der Waals surface area (Å²) >= 11 is 0. The Bertz CT molecular complexity index is 1920. The lowest BCUT2D eigenvalue weighted by atomic mass is 10.1. The average molecular weight is 619 g/mol. The molecule has 2 aromatic heterocycles. The molecule has 0 amide bonds. The molecule has 0 spiro atoms. The molecular formula is C39H42N2O5. The number of fused-ring (bicyclic) bond motifs is 6. The maximum Gasteiger partial charge on any atom is 0.199 e. The van der Waals surface area contributed by atoms with Crippen molar-refractivity contribution in [3.63, 3.8) is 0 Å². The summed E-state index contributed by atoms with van der Waals surface area (Å²) in [5, 5.41) is 14.2. The van der Waals surface area contributed by atoms with Crippen LogP contribution in [0.1, 0.15) is 57.6 Å². The Labute approximate surface area is 269 Å². The quantitative estimate of drug-likeness (QED) is 0.206. The highest BCUT2D eigenvalue weighted by Crippen LogP contribution is 2.37. The Morgan fingerprint density at radius 2 is 1.43 bits per heavy atom. The lowest BCUT2D eigenvalue weighted by Crippen LogP contribution is -2.25. The molecule has 2 fully saturated rings. The van der Waals surface area contributed by atoms with Gasteiger partial charge in [-0.05, 0) is 87.4 Å². The van der Waals surface area contributed by atoms with Gasteiger partial charge in [-0.1, -0.05) is 36.4 Å². The number of aromatic nitrogens is 2. The second-order valence-corrected chi connectivity index (χ2v) is 12.1. The molecule has 0 bridgehead atoms. The molecule has 0 saturated carbocycles. The largest absolute Gasteiger partial charge is 0.508 e. The van der Waals surface area contributed by atoms with Crippen molar-refractivity contribution in [2.24, 2.45) is 0 Å². The van der Waals surface area contributed by atoms with Crippen molar-refractivity contribution in [1.82, 2.24) is 9.55 Å². The van der Waals surface area contributed by atoms with Gasteiger partial charge in [-0.2, -0.15) is 0 Å². The molecule has 3 aliphatic heterocycles. The molecule has 2 N–H and O–H groups in total. The minimum atomic E-state index is -0.120. The van der Waals surface area contributed by atoms with Gasteiger partial charge in [0.25, 0.3) is 0 Å². The minimum absolute atomic E-state index is 0.104. The Morgan fingerprint density at radius 1 is 0.674 bits per heavy atom. The van der Waals surface area contributed by atoms with Crippen LogP contribution in [0.2, 0.25) is 0 Å². The zero-order valence-corrected chi connectivity index (χ0v) is 26.2. The second-order valence-electron chi connectivity index (χ2n) is 12.1. The van der Waals surface area contributed by atoms with Crippen LogP contribution in [0.15, 0.2) is 97.3 Å². The summed E-state index contributed by atoms with van der Waals surface area (Å²) in [7, 11) is 0. The number of benzene rings is 4. The number of phenols is 1. The SMILES string of the molecule is C1=COCCC1.Oc1ccc2c(c1)[nH]c1ccccc12.c1ccc2c(c1)c1ccc(OC3CCCCO3)cc1n2C1CCCCO1. The van der Waals surface area contributed by atoms with Crippen LogP contribution in [0.4, 0.5) is 0 Å². The fourth-order valence-electron chi connectivity index (χ4n) is 6.58. The van der Waals surface area contributed by atoms with E-state index >= 15 is 0 Å². The van der Waals surface area contributed by atoms with Crippen LogP contribution in [-0.2, 0) is 14.2 Å². The van der Waals surface area contributed by atoms with Gasteiger partial charge >= 0.3 is 0 Å². The van der Waals surface area contributed by atoms with Gasteiger partial charge in [0.05, 0.1) is 36.0 Å². The van der Waals surface area contributed by atoms with E-state index in [4.69, 9.17) is 18.9 Å². The Hall–Kier alpha value is -4.46. The summed E-state index contributed by atoms with van der Waals surface area (Å²) in [6, 6.07) is 28.5. The number of nitrogens with zero attached hydrogens (tertiary/aromatic N) is 1. The maximum atomic E-state index is 9.34. The molecule has 7 heteroatoms. The highest BCUT2D eigenvalue weighted by Gasteiger charge is 2.22. The number of hydrogen-bond donors (Lipinski definition) is 2. The van der Waals surface area contributed by atoms with Crippen LogP contribution in [-0.4, -0.2) is 40.8 Å². The molecule has 2 saturated heterocycles. The van der Waals surface area contributed by atoms with Gasteiger partial charge in [0.2, 0.25) is 0 Å². The highest BCUT2D eigenvalue weighted by molar-refractivity contribution is 6.09.